The van der Waals surface area contributed by atoms with E-state index in [0.717, 1.165) is 30.4 Å². The molecule has 20 heavy (non-hydrogen) atoms. The van der Waals surface area contributed by atoms with Gasteiger partial charge in [-0.25, -0.2) is 0 Å². The lowest BCUT2D eigenvalue weighted by molar-refractivity contribution is 0.0909. The molecule has 1 aromatic heterocycles. The van der Waals surface area contributed by atoms with E-state index in [4.69, 9.17) is 0 Å². The molecule has 1 fully saturated rings. The van der Waals surface area contributed by atoms with E-state index in [1.807, 2.05) is 0 Å². The highest BCUT2D eigenvalue weighted by Crippen LogP contribution is 2.36. The number of carbonyl (C=O) groups is 1. The van der Waals surface area contributed by atoms with E-state index in [-0.39, 0.29) is 5.41 Å². The Bertz CT molecular complexity index is 503. The van der Waals surface area contributed by atoms with E-state index in [0.29, 0.717) is 12.2 Å². The number of ketones is 1. The van der Waals surface area contributed by atoms with Gasteiger partial charge in [0.2, 0.25) is 0 Å². The number of hydrogen-bond acceptors (Lipinski definition) is 1. The van der Waals surface area contributed by atoms with Crippen molar-refractivity contribution in [2.24, 2.45) is 17.3 Å². The molecule has 1 heterocycles. The van der Waals surface area contributed by atoms with Gasteiger partial charge in [-0.1, -0.05) is 33.6 Å². The predicted octanol–water partition coefficient (Wildman–Crippen LogP) is 4.47. The first-order valence-electron chi connectivity index (χ1n) is 8.16. The maximum atomic E-state index is 12.2. The molecular weight excluding hydrogens is 246 g/mol. The molecule has 2 aliphatic carbocycles. The van der Waals surface area contributed by atoms with Gasteiger partial charge >= 0.3 is 0 Å². The Morgan fingerprint density at radius 3 is 2.60 bits per heavy atom. The third kappa shape index (κ3) is 2.70. The number of aromatic nitrogens is 1. The minimum atomic E-state index is 0.126. The number of carbonyl (C=O) groups excluding carboxylic acids is 1. The van der Waals surface area contributed by atoms with Crippen LogP contribution in [0, 0.1) is 17.3 Å². The molecule has 2 aliphatic rings. The molecular formula is C18H27NO. The summed E-state index contributed by atoms with van der Waals surface area (Å²) in [7, 11) is 0. The second kappa shape index (κ2) is 5.05. The highest BCUT2D eigenvalue weighted by atomic mass is 16.1. The lowest BCUT2D eigenvalue weighted by Gasteiger charge is -2.31. The lowest BCUT2D eigenvalue weighted by atomic mass is 9.76. The van der Waals surface area contributed by atoms with E-state index in [9.17, 15) is 4.79 Å². The molecule has 0 spiro atoms. The maximum absolute atomic E-state index is 12.2. The van der Waals surface area contributed by atoms with Gasteiger partial charge in [0.25, 0.3) is 0 Å². The Hall–Kier alpha value is -1.05. The van der Waals surface area contributed by atoms with E-state index >= 15 is 0 Å². The van der Waals surface area contributed by atoms with Crippen LogP contribution in [-0.4, -0.2) is 10.4 Å². The van der Waals surface area contributed by atoms with Gasteiger partial charge in [-0.15, -0.1) is 0 Å². The topological polar surface area (TPSA) is 22.0 Å². The van der Waals surface area contributed by atoms with Crippen molar-refractivity contribution in [2.75, 3.05) is 0 Å². The highest BCUT2D eigenvalue weighted by Gasteiger charge is 2.33. The molecule has 110 valence electrons. The molecule has 0 saturated heterocycles. The van der Waals surface area contributed by atoms with Gasteiger partial charge in [-0.2, -0.15) is 0 Å². The Balaban J connectivity index is 1.77. The SMILES string of the molecule is CC1CCC(Cn2ccc3c2CC(C)(C)CC3=O)CC1. The van der Waals surface area contributed by atoms with Gasteiger partial charge in [0.15, 0.2) is 5.78 Å². The van der Waals surface area contributed by atoms with Crippen molar-refractivity contribution >= 4 is 5.78 Å². The monoisotopic (exact) mass is 273 g/mol. The Morgan fingerprint density at radius 1 is 1.20 bits per heavy atom. The zero-order valence-electron chi connectivity index (χ0n) is 13.1. The van der Waals surface area contributed by atoms with E-state index < -0.39 is 0 Å². The Labute approximate surface area is 122 Å². The summed E-state index contributed by atoms with van der Waals surface area (Å²) in [5.74, 6) is 2.06. The molecule has 2 heteroatoms. The summed E-state index contributed by atoms with van der Waals surface area (Å²) < 4.78 is 2.38. The number of rotatable bonds is 2. The Kier molecular flexibility index (Phi) is 3.51. The van der Waals surface area contributed by atoms with Crippen LogP contribution in [0.3, 0.4) is 0 Å². The summed E-state index contributed by atoms with van der Waals surface area (Å²) in [5.41, 5.74) is 2.42. The number of hydrogen-bond donors (Lipinski definition) is 0. The molecule has 3 rings (SSSR count). The van der Waals surface area contributed by atoms with E-state index in [1.54, 1.807) is 0 Å². The van der Waals surface area contributed by atoms with Gasteiger partial charge in [0.05, 0.1) is 0 Å². The second-order valence-electron chi connectivity index (χ2n) is 7.90. The third-order valence-electron chi connectivity index (χ3n) is 5.25. The number of nitrogens with zero attached hydrogens (tertiary/aromatic N) is 1. The first-order valence-corrected chi connectivity index (χ1v) is 8.16. The molecule has 0 amide bonds. The fourth-order valence-electron chi connectivity index (χ4n) is 3.96. The van der Waals surface area contributed by atoms with Gasteiger partial charge in [-0.3, -0.25) is 4.79 Å². The average molecular weight is 273 g/mol. The quantitative estimate of drug-likeness (QED) is 0.779. The van der Waals surface area contributed by atoms with Crippen LogP contribution in [0.2, 0.25) is 0 Å². The third-order valence-corrected chi connectivity index (χ3v) is 5.25. The van der Waals surface area contributed by atoms with Gasteiger partial charge in [0.1, 0.15) is 0 Å². The Morgan fingerprint density at radius 2 is 1.90 bits per heavy atom. The molecule has 1 saturated carbocycles. The summed E-state index contributed by atoms with van der Waals surface area (Å²) in [4.78, 5) is 12.2. The highest BCUT2D eigenvalue weighted by molar-refractivity contribution is 5.98. The smallest absolute Gasteiger partial charge is 0.165 e. The molecule has 0 aliphatic heterocycles. The molecule has 0 atom stereocenters. The number of Topliss-reactive ketones (excluding diaryl/α,β-unsaturated/α-hetero) is 1. The van der Waals surface area contributed by atoms with Crippen LogP contribution in [0.5, 0.6) is 0 Å². The first-order chi connectivity index (χ1) is 9.44. The van der Waals surface area contributed by atoms with Gasteiger partial charge in [-0.05, 0) is 42.6 Å². The van der Waals surface area contributed by atoms with Crippen LogP contribution in [0.15, 0.2) is 12.3 Å². The summed E-state index contributed by atoms with van der Waals surface area (Å²) in [6.45, 7) is 7.92. The average Bonchev–Trinajstić information content (AvgIpc) is 2.74. The normalized spacial score (nSPS) is 29.2. The van der Waals surface area contributed by atoms with Crippen LogP contribution in [0.25, 0.3) is 0 Å². The molecule has 0 radical (unpaired) electrons. The van der Waals surface area contributed by atoms with Crippen molar-refractivity contribution in [1.29, 1.82) is 0 Å². The van der Waals surface area contributed by atoms with Gasteiger partial charge in [0, 0.05) is 30.4 Å². The van der Waals surface area contributed by atoms with E-state index in [1.165, 1.54) is 31.4 Å². The van der Waals surface area contributed by atoms with Crippen molar-refractivity contribution in [3.63, 3.8) is 0 Å². The minimum absolute atomic E-state index is 0.126. The molecule has 0 aromatic carbocycles. The van der Waals surface area contributed by atoms with Gasteiger partial charge < -0.3 is 4.57 Å². The van der Waals surface area contributed by atoms with Crippen LogP contribution >= 0.6 is 0 Å². The molecule has 0 unspecified atom stereocenters. The zero-order valence-corrected chi connectivity index (χ0v) is 13.1. The van der Waals surface area contributed by atoms with Crippen molar-refractivity contribution in [2.45, 2.75) is 65.8 Å². The fourth-order valence-corrected chi connectivity index (χ4v) is 3.96. The number of fused-ring (bicyclic) bond motifs is 1. The van der Waals surface area contributed by atoms with Crippen molar-refractivity contribution in [1.82, 2.24) is 4.57 Å². The first kappa shape index (κ1) is 13.9. The molecule has 0 bridgehead atoms. The summed E-state index contributed by atoms with van der Waals surface area (Å²) in [6.07, 6.45) is 9.35. The zero-order chi connectivity index (χ0) is 14.3. The maximum Gasteiger partial charge on any atom is 0.165 e. The summed E-state index contributed by atoms with van der Waals surface area (Å²) in [5, 5.41) is 0. The van der Waals surface area contributed by atoms with Crippen LogP contribution in [0.1, 0.15) is 68.9 Å². The summed E-state index contributed by atoms with van der Waals surface area (Å²) >= 11 is 0. The van der Waals surface area contributed by atoms with E-state index in [2.05, 4.69) is 37.6 Å². The minimum Gasteiger partial charge on any atom is -0.350 e. The standard InChI is InChI=1S/C18H27NO/c1-13-4-6-14(7-5-13)12-19-9-8-15-16(19)10-18(2,3)11-17(15)20/h8-9,13-14H,4-7,10-12H2,1-3H3. The largest absolute Gasteiger partial charge is 0.350 e. The van der Waals surface area contributed by atoms with Crippen LogP contribution in [0.4, 0.5) is 0 Å². The van der Waals surface area contributed by atoms with Crippen molar-refractivity contribution in [3.05, 3.63) is 23.5 Å². The summed E-state index contributed by atoms with van der Waals surface area (Å²) in [6, 6.07) is 2.05. The fraction of sp³-hybridized carbons (Fsp3) is 0.722. The molecule has 2 nitrogen and oxygen atoms in total. The molecule has 0 N–H and O–H groups in total. The van der Waals surface area contributed by atoms with Crippen LogP contribution < -0.4 is 0 Å². The lowest BCUT2D eigenvalue weighted by Crippen LogP contribution is -2.29. The predicted molar refractivity (Wildman–Crippen MR) is 82.0 cm³/mol. The van der Waals surface area contributed by atoms with Crippen molar-refractivity contribution in [3.8, 4) is 0 Å². The van der Waals surface area contributed by atoms with Crippen molar-refractivity contribution < 1.29 is 4.79 Å². The molecule has 1 aromatic rings. The second-order valence-corrected chi connectivity index (χ2v) is 7.90. The van der Waals surface area contributed by atoms with Crippen LogP contribution in [-0.2, 0) is 13.0 Å².